The Morgan fingerprint density at radius 2 is 1.83 bits per heavy atom. The van der Waals surface area contributed by atoms with E-state index in [4.69, 9.17) is 22.1 Å². The van der Waals surface area contributed by atoms with Crippen LogP contribution in [0.15, 0.2) is 53.5 Å². The van der Waals surface area contributed by atoms with E-state index in [1.54, 1.807) is 24.3 Å². The van der Waals surface area contributed by atoms with E-state index in [0.717, 1.165) is 17.7 Å². The Labute approximate surface area is 146 Å². The summed E-state index contributed by atoms with van der Waals surface area (Å²) in [5.41, 5.74) is 7.35. The van der Waals surface area contributed by atoms with Crippen LogP contribution >= 0.6 is 11.6 Å². The molecule has 0 spiro atoms. The summed E-state index contributed by atoms with van der Waals surface area (Å²) in [6.07, 6.45) is 0.719. The Kier molecular flexibility index (Phi) is 6.63. The number of hydrogen-bond donors (Lipinski definition) is 2. The lowest BCUT2D eigenvalue weighted by Crippen LogP contribution is -2.37. The first kappa shape index (κ1) is 17.8. The van der Waals surface area contributed by atoms with Crippen molar-refractivity contribution in [2.75, 3.05) is 13.2 Å². The smallest absolute Gasteiger partial charge is 0.257 e. The SMILES string of the molecule is CCOc1ccc(C(=O)NC(N)=NCCc2ccc(Cl)cc2)cc1. The molecular weight excluding hydrogens is 326 g/mol. The van der Waals surface area contributed by atoms with Crippen molar-refractivity contribution < 1.29 is 9.53 Å². The van der Waals surface area contributed by atoms with E-state index in [0.29, 0.717) is 23.7 Å². The predicted octanol–water partition coefficient (Wildman–Crippen LogP) is 3.03. The normalized spacial score (nSPS) is 11.2. The maximum absolute atomic E-state index is 12.1. The van der Waals surface area contributed by atoms with Crippen LogP contribution in [0.4, 0.5) is 0 Å². The fourth-order valence-corrected chi connectivity index (χ4v) is 2.18. The van der Waals surface area contributed by atoms with Crippen LogP contribution in [0, 0.1) is 0 Å². The molecule has 0 heterocycles. The van der Waals surface area contributed by atoms with Crippen molar-refractivity contribution in [1.29, 1.82) is 0 Å². The van der Waals surface area contributed by atoms with Gasteiger partial charge in [-0.3, -0.25) is 15.1 Å². The molecule has 0 atom stereocenters. The Hall–Kier alpha value is -2.53. The van der Waals surface area contributed by atoms with Crippen molar-refractivity contribution in [2.45, 2.75) is 13.3 Å². The van der Waals surface area contributed by atoms with Gasteiger partial charge in [-0.05, 0) is 55.3 Å². The van der Waals surface area contributed by atoms with Gasteiger partial charge in [0, 0.05) is 17.1 Å². The zero-order valence-corrected chi connectivity index (χ0v) is 14.2. The first-order valence-electron chi connectivity index (χ1n) is 7.67. The van der Waals surface area contributed by atoms with Gasteiger partial charge in [0.15, 0.2) is 5.96 Å². The van der Waals surface area contributed by atoms with Gasteiger partial charge in [-0.15, -0.1) is 0 Å². The predicted molar refractivity (Wildman–Crippen MR) is 96.7 cm³/mol. The Morgan fingerprint density at radius 1 is 1.17 bits per heavy atom. The van der Waals surface area contributed by atoms with Crippen molar-refractivity contribution in [3.8, 4) is 5.75 Å². The molecule has 0 radical (unpaired) electrons. The van der Waals surface area contributed by atoms with Crippen LogP contribution in [0.5, 0.6) is 5.75 Å². The third kappa shape index (κ3) is 5.59. The highest BCUT2D eigenvalue weighted by atomic mass is 35.5. The molecule has 126 valence electrons. The van der Waals surface area contributed by atoms with Crippen molar-refractivity contribution >= 4 is 23.5 Å². The summed E-state index contributed by atoms with van der Waals surface area (Å²) in [5.74, 6) is 0.521. The average molecular weight is 346 g/mol. The molecule has 2 aromatic carbocycles. The Balaban J connectivity index is 1.84. The fourth-order valence-electron chi connectivity index (χ4n) is 2.05. The van der Waals surface area contributed by atoms with Gasteiger partial charge in [0.25, 0.3) is 5.91 Å². The highest BCUT2D eigenvalue weighted by Crippen LogP contribution is 2.12. The third-order valence-corrected chi connectivity index (χ3v) is 3.52. The molecule has 0 saturated heterocycles. The van der Waals surface area contributed by atoms with Crippen LogP contribution in [0.2, 0.25) is 5.02 Å². The number of carbonyl (C=O) groups is 1. The van der Waals surface area contributed by atoms with E-state index >= 15 is 0 Å². The van der Waals surface area contributed by atoms with E-state index in [-0.39, 0.29) is 11.9 Å². The molecule has 0 saturated carbocycles. The van der Waals surface area contributed by atoms with Crippen molar-refractivity contribution in [3.63, 3.8) is 0 Å². The molecule has 0 aliphatic rings. The van der Waals surface area contributed by atoms with Crippen LogP contribution < -0.4 is 15.8 Å². The van der Waals surface area contributed by atoms with E-state index in [9.17, 15) is 4.79 Å². The maximum Gasteiger partial charge on any atom is 0.257 e. The molecule has 24 heavy (non-hydrogen) atoms. The molecule has 0 bridgehead atoms. The zero-order valence-electron chi connectivity index (χ0n) is 13.5. The number of halogens is 1. The molecule has 0 aliphatic heterocycles. The van der Waals surface area contributed by atoms with Crippen molar-refractivity contribution in [2.24, 2.45) is 10.7 Å². The number of nitrogens with one attached hydrogen (secondary N) is 1. The lowest BCUT2D eigenvalue weighted by Gasteiger charge is -2.06. The number of rotatable bonds is 6. The van der Waals surface area contributed by atoms with Gasteiger partial charge in [-0.1, -0.05) is 23.7 Å². The number of ether oxygens (including phenoxy) is 1. The minimum atomic E-state index is -0.300. The number of hydrogen-bond acceptors (Lipinski definition) is 3. The minimum absolute atomic E-state index is 0.0999. The van der Waals surface area contributed by atoms with Crippen molar-refractivity contribution in [3.05, 3.63) is 64.7 Å². The highest BCUT2D eigenvalue weighted by Gasteiger charge is 2.06. The third-order valence-electron chi connectivity index (χ3n) is 3.26. The van der Waals surface area contributed by atoms with Gasteiger partial charge < -0.3 is 10.5 Å². The number of benzene rings is 2. The summed E-state index contributed by atoms with van der Waals surface area (Å²) in [4.78, 5) is 16.2. The largest absolute Gasteiger partial charge is 0.494 e. The Bertz CT molecular complexity index is 697. The summed E-state index contributed by atoms with van der Waals surface area (Å²) in [7, 11) is 0. The van der Waals surface area contributed by atoms with Gasteiger partial charge in [-0.2, -0.15) is 0 Å². The summed E-state index contributed by atoms with van der Waals surface area (Å²) in [5, 5.41) is 3.27. The number of nitrogens with zero attached hydrogens (tertiary/aromatic N) is 1. The summed E-state index contributed by atoms with van der Waals surface area (Å²) in [6, 6.07) is 14.4. The van der Waals surface area contributed by atoms with Gasteiger partial charge in [-0.25, -0.2) is 0 Å². The molecule has 3 N–H and O–H groups in total. The zero-order chi connectivity index (χ0) is 17.4. The van der Waals surface area contributed by atoms with Crippen LogP contribution in [0.3, 0.4) is 0 Å². The summed E-state index contributed by atoms with van der Waals surface area (Å²) < 4.78 is 5.34. The monoisotopic (exact) mass is 345 g/mol. The average Bonchev–Trinajstić information content (AvgIpc) is 2.57. The molecule has 6 heteroatoms. The maximum atomic E-state index is 12.1. The Morgan fingerprint density at radius 3 is 2.46 bits per heavy atom. The molecule has 0 fully saturated rings. The number of aliphatic imine (C=N–C) groups is 1. The van der Waals surface area contributed by atoms with Crippen LogP contribution in [0.25, 0.3) is 0 Å². The van der Waals surface area contributed by atoms with Crippen LogP contribution in [0.1, 0.15) is 22.8 Å². The molecule has 0 aromatic heterocycles. The van der Waals surface area contributed by atoms with Gasteiger partial charge >= 0.3 is 0 Å². The second kappa shape index (κ2) is 8.93. The minimum Gasteiger partial charge on any atom is -0.494 e. The van der Waals surface area contributed by atoms with E-state index in [1.165, 1.54) is 0 Å². The van der Waals surface area contributed by atoms with E-state index < -0.39 is 0 Å². The quantitative estimate of drug-likeness (QED) is 0.624. The first-order chi connectivity index (χ1) is 11.6. The van der Waals surface area contributed by atoms with E-state index in [2.05, 4.69) is 10.3 Å². The second-order valence-electron chi connectivity index (χ2n) is 5.05. The number of carbonyl (C=O) groups excluding carboxylic acids is 1. The van der Waals surface area contributed by atoms with Crippen molar-refractivity contribution in [1.82, 2.24) is 5.32 Å². The number of nitrogens with two attached hydrogens (primary N) is 1. The van der Waals surface area contributed by atoms with Crippen LogP contribution in [-0.4, -0.2) is 25.0 Å². The summed E-state index contributed by atoms with van der Waals surface area (Å²) >= 11 is 5.84. The van der Waals surface area contributed by atoms with E-state index in [1.807, 2.05) is 31.2 Å². The van der Waals surface area contributed by atoms with Crippen LogP contribution in [-0.2, 0) is 6.42 Å². The lowest BCUT2D eigenvalue weighted by atomic mass is 10.1. The highest BCUT2D eigenvalue weighted by molar-refractivity contribution is 6.30. The molecular formula is C18H20ClN3O2. The van der Waals surface area contributed by atoms with Gasteiger partial charge in [0.1, 0.15) is 5.75 Å². The standard InChI is InChI=1S/C18H20ClN3O2/c1-2-24-16-9-5-14(6-10-16)17(23)22-18(20)21-12-11-13-3-7-15(19)8-4-13/h3-10H,2,11-12H2,1H3,(H3,20,21,22,23). The lowest BCUT2D eigenvalue weighted by molar-refractivity contribution is 0.0976. The number of guanidine groups is 1. The topological polar surface area (TPSA) is 76.7 Å². The number of amides is 1. The molecule has 0 aliphatic carbocycles. The second-order valence-corrected chi connectivity index (χ2v) is 5.49. The molecule has 1 amide bonds. The molecule has 0 unspecified atom stereocenters. The molecule has 2 rings (SSSR count). The van der Waals surface area contributed by atoms with Gasteiger partial charge in [0.05, 0.1) is 6.61 Å². The van der Waals surface area contributed by atoms with Gasteiger partial charge in [0.2, 0.25) is 0 Å². The first-order valence-corrected chi connectivity index (χ1v) is 8.05. The summed E-state index contributed by atoms with van der Waals surface area (Å²) in [6.45, 7) is 2.97. The molecule has 5 nitrogen and oxygen atoms in total. The molecule has 2 aromatic rings. The fraction of sp³-hybridized carbons (Fsp3) is 0.222.